The molecular formula is C22H42IN5O. The van der Waals surface area contributed by atoms with Crippen LogP contribution in [0.4, 0.5) is 0 Å². The summed E-state index contributed by atoms with van der Waals surface area (Å²) in [6.07, 6.45) is 4.80. The van der Waals surface area contributed by atoms with Gasteiger partial charge in [-0.3, -0.25) is 9.89 Å². The molecule has 2 N–H and O–H groups in total. The Balaban J connectivity index is 0.00000420. The molecule has 0 aromatic carbocycles. The van der Waals surface area contributed by atoms with Crippen LogP contribution in [0, 0.1) is 25.7 Å². The van der Waals surface area contributed by atoms with Crippen molar-refractivity contribution in [2.24, 2.45) is 16.8 Å². The third kappa shape index (κ3) is 9.68. The third-order valence-electron chi connectivity index (χ3n) is 5.55. The SMILES string of the molecule is CCNC(=NCC1CCN(Cc2nc(C)c(C)o2)CC1)NC(C)CCC(C)C.I. The minimum Gasteiger partial charge on any atom is -0.444 e. The minimum atomic E-state index is 0. The molecule has 1 fully saturated rings. The van der Waals surface area contributed by atoms with Gasteiger partial charge in [0.25, 0.3) is 0 Å². The Labute approximate surface area is 194 Å². The molecule has 168 valence electrons. The molecule has 29 heavy (non-hydrogen) atoms. The standard InChI is InChI=1S/C22H41N5O.HI/c1-7-23-22(25-17(4)9-8-16(2)3)24-14-20-10-12-27(13-11-20)15-21-26-18(5)19(6)28-21;/h16-17,20H,7-15H2,1-6H3,(H2,23,24,25);1H. The second-order valence-corrected chi connectivity index (χ2v) is 8.70. The topological polar surface area (TPSA) is 65.7 Å². The normalized spacial score (nSPS) is 17.3. The summed E-state index contributed by atoms with van der Waals surface area (Å²) in [5.74, 6) is 4.15. The van der Waals surface area contributed by atoms with E-state index in [1.165, 1.54) is 25.7 Å². The van der Waals surface area contributed by atoms with Gasteiger partial charge in [-0.2, -0.15) is 0 Å². The Bertz CT molecular complexity index is 589. The molecule has 2 rings (SSSR count). The summed E-state index contributed by atoms with van der Waals surface area (Å²) in [4.78, 5) is 11.8. The van der Waals surface area contributed by atoms with Crippen LogP contribution in [0.25, 0.3) is 0 Å². The molecule has 1 atom stereocenters. The lowest BCUT2D eigenvalue weighted by molar-refractivity contribution is 0.166. The average molecular weight is 520 g/mol. The minimum absolute atomic E-state index is 0. The highest BCUT2D eigenvalue weighted by Crippen LogP contribution is 2.20. The summed E-state index contributed by atoms with van der Waals surface area (Å²) in [6.45, 7) is 17.7. The number of nitrogens with zero attached hydrogens (tertiary/aromatic N) is 3. The first-order valence-electron chi connectivity index (χ1n) is 11.1. The molecule has 1 aliphatic heterocycles. The number of hydrogen-bond donors (Lipinski definition) is 2. The van der Waals surface area contributed by atoms with Crippen LogP contribution in [-0.4, -0.2) is 48.1 Å². The van der Waals surface area contributed by atoms with Gasteiger partial charge in [0.05, 0.1) is 12.2 Å². The largest absolute Gasteiger partial charge is 0.444 e. The van der Waals surface area contributed by atoms with Gasteiger partial charge in [-0.05, 0) is 78.3 Å². The Hall–Kier alpha value is -0.830. The quantitative estimate of drug-likeness (QED) is 0.286. The van der Waals surface area contributed by atoms with Crippen molar-refractivity contribution in [2.45, 2.75) is 79.8 Å². The van der Waals surface area contributed by atoms with E-state index < -0.39 is 0 Å². The van der Waals surface area contributed by atoms with Gasteiger partial charge in [0.2, 0.25) is 5.89 Å². The lowest BCUT2D eigenvalue weighted by Crippen LogP contribution is -2.43. The zero-order valence-electron chi connectivity index (χ0n) is 19.3. The molecule has 1 saturated heterocycles. The molecule has 2 heterocycles. The van der Waals surface area contributed by atoms with Crippen molar-refractivity contribution < 1.29 is 4.42 Å². The maximum absolute atomic E-state index is 5.73. The highest BCUT2D eigenvalue weighted by Gasteiger charge is 2.21. The number of nitrogens with one attached hydrogen (secondary N) is 2. The highest BCUT2D eigenvalue weighted by atomic mass is 127. The van der Waals surface area contributed by atoms with Crippen molar-refractivity contribution in [3.63, 3.8) is 0 Å². The smallest absolute Gasteiger partial charge is 0.208 e. The highest BCUT2D eigenvalue weighted by molar-refractivity contribution is 14.0. The number of guanidine groups is 1. The van der Waals surface area contributed by atoms with Crippen molar-refractivity contribution in [2.75, 3.05) is 26.2 Å². The van der Waals surface area contributed by atoms with E-state index >= 15 is 0 Å². The first-order valence-corrected chi connectivity index (χ1v) is 11.1. The molecular weight excluding hydrogens is 477 g/mol. The van der Waals surface area contributed by atoms with Crippen LogP contribution in [0.1, 0.15) is 70.7 Å². The predicted octanol–water partition coefficient (Wildman–Crippen LogP) is 4.50. The van der Waals surface area contributed by atoms with Gasteiger partial charge < -0.3 is 15.1 Å². The van der Waals surface area contributed by atoms with Crippen molar-refractivity contribution in [3.8, 4) is 0 Å². The van der Waals surface area contributed by atoms with Gasteiger partial charge >= 0.3 is 0 Å². The maximum atomic E-state index is 5.73. The van der Waals surface area contributed by atoms with E-state index in [1.807, 2.05) is 13.8 Å². The van der Waals surface area contributed by atoms with Crippen LogP contribution in [0.15, 0.2) is 9.41 Å². The molecule has 0 aliphatic carbocycles. The number of aromatic nitrogens is 1. The van der Waals surface area contributed by atoms with Gasteiger partial charge in [0.1, 0.15) is 5.76 Å². The Kier molecular flexibility index (Phi) is 12.2. The average Bonchev–Trinajstić information content (AvgIpc) is 2.96. The lowest BCUT2D eigenvalue weighted by atomic mass is 9.97. The Morgan fingerprint density at radius 1 is 1.21 bits per heavy atom. The lowest BCUT2D eigenvalue weighted by Gasteiger charge is -2.30. The van der Waals surface area contributed by atoms with Crippen LogP contribution in [-0.2, 0) is 6.54 Å². The molecule has 0 spiro atoms. The number of hydrogen-bond acceptors (Lipinski definition) is 4. The first-order chi connectivity index (χ1) is 13.4. The maximum Gasteiger partial charge on any atom is 0.208 e. The van der Waals surface area contributed by atoms with E-state index in [9.17, 15) is 0 Å². The number of piperidine rings is 1. The van der Waals surface area contributed by atoms with Crippen LogP contribution < -0.4 is 10.6 Å². The Morgan fingerprint density at radius 2 is 1.90 bits per heavy atom. The summed E-state index contributed by atoms with van der Waals surface area (Å²) in [7, 11) is 0. The van der Waals surface area contributed by atoms with Crippen molar-refractivity contribution in [1.82, 2.24) is 20.5 Å². The van der Waals surface area contributed by atoms with Crippen LogP contribution in [0.5, 0.6) is 0 Å². The van der Waals surface area contributed by atoms with E-state index in [0.29, 0.717) is 12.0 Å². The van der Waals surface area contributed by atoms with E-state index in [-0.39, 0.29) is 24.0 Å². The predicted molar refractivity (Wildman–Crippen MR) is 132 cm³/mol. The van der Waals surface area contributed by atoms with Gasteiger partial charge in [-0.1, -0.05) is 13.8 Å². The zero-order valence-corrected chi connectivity index (χ0v) is 21.6. The summed E-state index contributed by atoms with van der Waals surface area (Å²) in [5, 5.41) is 6.97. The number of oxazole rings is 1. The fourth-order valence-corrected chi connectivity index (χ4v) is 3.55. The zero-order chi connectivity index (χ0) is 20.5. The van der Waals surface area contributed by atoms with Gasteiger partial charge in [-0.25, -0.2) is 4.98 Å². The van der Waals surface area contributed by atoms with Crippen molar-refractivity contribution in [3.05, 3.63) is 17.3 Å². The van der Waals surface area contributed by atoms with Gasteiger partial charge in [0.15, 0.2) is 5.96 Å². The van der Waals surface area contributed by atoms with Gasteiger partial charge in [0, 0.05) is 19.1 Å². The second kappa shape index (κ2) is 13.5. The van der Waals surface area contributed by atoms with Crippen molar-refractivity contribution >= 4 is 29.9 Å². The monoisotopic (exact) mass is 519 g/mol. The van der Waals surface area contributed by atoms with Gasteiger partial charge in [-0.15, -0.1) is 24.0 Å². The summed E-state index contributed by atoms with van der Waals surface area (Å²) >= 11 is 0. The summed E-state index contributed by atoms with van der Waals surface area (Å²) < 4.78 is 5.73. The fourth-order valence-electron chi connectivity index (χ4n) is 3.55. The number of rotatable bonds is 9. The summed E-state index contributed by atoms with van der Waals surface area (Å²) in [6, 6.07) is 0.453. The molecule has 7 heteroatoms. The van der Waals surface area contributed by atoms with Crippen LogP contribution >= 0.6 is 24.0 Å². The Morgan fingerprint density at radius 3 is 2.45 bits per heavy atom. The third-order valence-corrected chi connectivity index (χ3v) is 5.55. The molecule has 1 unspecified atom stereocenters. The molecule has 1 aromatic rings. The second-order valence-electron chi connectivity index (χ2n) is 8.70. The summed E-state index contributed by atoms with van der Waals surface area (Å²) in [5.41, 5.74) is 1.00. The number of aliphatic imine (C=N–C) groups is 1. The molecule has 1 aromatic heterocycles. The fraction of sp³-hybridized carbons (Fsp3) is 0.818. The van der Waals surface area contributed by atoms with E-state index in [2.05, 4.69) is 48.2 Å². The number of likely N-dealkylation sites (tertiary alicyclic amines) is 1. The molecule has 0 saturated carbocycles. The van der Waals surface area contributed by atoms with Crippen LogP contribution in [0.3, 0.4) is 0 Å². The molecule has 0 bridgehead atoms. The number of halogens is 1. The number of aryl methyl sites for hydroxylation is 2. The molecule has 6 nitrogen and oxygen atoms in total. The van der Waals surface area contributed by atoms with E-state index in [0.717, 1.165) is 61.9 Å². The van der Waals surface area contributed by atoms with Crippen LogP contribution in [0.2, 0.25) is 0 Å². The van der Waals surface area contributed by atoms with E-state index in [4.69, 9.17) is 9.41 Å². The molecule has 0 amide bonds. The molecule has 0 radical (unpaired) electrons. The first kappa shape index (κ1) is 26.2. The van der Waals surface area contributed by atoms with Crippen molar-refractivity contribution in [1.29, 1.82) is 0 Å². The van der Waals surface area contributed by atoms with E-state index in [1.54, 1.807) is 0 Å². The molecule has 1 aliphatic rings.